The molecular weight excluding hydrogens is 580 g/mol. The second-order valence-electron chi connectivity index (χ2n) is 13.5. The fourth-order valence-corrected chi connectivity index (χ4v) is 8.30. The Labute approximate surface area is 262 Å². The molecule has 0 aromatic heterocycles. The first kappa shape index (κ1) is 30.7. The number of epoxide rings is 2. The maximum absolute atomic E-state index is 12.6. The molecule has 5 unspecified atom stereocenters. The number of nitrogens with zero attached hydrogens (tertiary/aromatic N) is 2. The molecule has 0 amide bonds. The number of aliphatic hydroxyl groups is 2. The van der Waals surface area contributed by atoms with E-state index in [1.54, 1.807) is 19.2 Å². The van der Waals surface area contributed by atoms with Gasteiger partial charge in [-0.05, 0) is 18.2 Å². The minimum atomic E-state index is -0.672. The zero-order valence-electron chi connectivity index (χ0n) is 25.6. The Morgan fingerprint density at radius 3 is 1.60 bits per heavy atom. The number of aliphatic hydroxyl groups excluding tert-OH is 2. The van der Waals surface area contributed by atoms with E-state index in [9.17, 15) is 25.0 Å². The number of ether oxygens (including phenoxy) is 4. The van der Waals surface area contributed by atoms with Crippen LogP contribution in [0.4, 0.5) is 0 Å². The Kier molecular flexibility index (Phi) is 8.22. The lowest BCUT2D eigenvalue weighted by Crippen LogP contribution is -2.58. The number of hydrogen-bond acceptors (Lipinski definition) is 10. The number of piperidine rings is 2. The summed E-state index contributed by atoms with van der Waals surface area (Å²) in [4.78, 5) is 27.2. The minimum absolute atomic E-state index is 0.0361. The van der Waals surface area contributed by atoms with Crippen molar-refractivity contribution in [1.82, 2.24) is 4.90 Å². The van der Waals surface area contributed by atoms with Gasteiger partial charge in [0.15, 0.2) is 0 Å². The molecule has 8 rings (SSSR count). The number of hydroxylamine groups is 3. The number of carbonyl (C=O) groups excluding carboxylic acids is 2. The largest absolute Gasteiger partial charge is 0.632 e. The second-order valence-corrected chi connectivity index (χ2v) is 13.5. The third-order valence-corrected chi connectivity index (χ3v) is 10.9. The fourth-order valence-electron chi connectivity index (χ4n) is 8.30. The average Bonchev–Trinajstić information content (AvgIpc) is 3.93. The summed E-state index contributed by atoms with van der Waals surface area (Å²) in [5.41, 5.74) is 1.55. The first-order valence-corrected chi connectivity index (χ1v) is 16.0. The molecule has 4 bridgehead atoms. The SMILES string of the molecule is CN1[C@@H]2CC(OC(=O)[C@H](CO)c3ccccc3)C[C@H]1[C@@H]1O[C@@H]12.C[N+]1([O-])C2CC(OC(=O)[C@H](CO)c3ccccc3)CC1C1OC12. The second kappa shape index (κ2) is 12.0. The lowest BCUT2D eigenvalue weighted by Gasteiger charge is -2.51. The summed E-state index contributed by atoms with van der Waals surface area (Å²) in [7, 11) is 3.83. The summed E-state index contributed by atoms with van der Waals surface area (Å²) in [6.07, 6.45) is 3.15. The summed E-state index contributed by atoms with van der Waals surface area (Å²) in [5, 5.41) is 31.7. The molecule has 0 spiro atoms. The van der Waals surface area contributed by atoms with Gasteiger partial charge in [0.1, 0.15) is 60.5 Å². The number of quaternary nitrogens is 1. The lowest BCUT2D eigenvalue weighted by molar-refractivity contribution is -0.911. The van der Waals surface area contributed by atoms with Crippen molar-refractivity contribution >= 4 is 11.9 Å². The third kappa shape index (κ3) is 5.69. The molecule has 6 aliphatic heterocycles. The number of hydrogen-bond donors (Lipinski definition) is 2. The number of fused-ring (bicyclic) bond motifs is 10. The Bertz CT molecular complexity index is 1340. The van der Waals surface area contributed by atoms with Gasteiger partial charge in [0.25, 0.3) is 0 Å². The van der Waals surface area contributed by atoms with Crippen molar-refractivity contribution in [1.29, 1.82) is 0 Å². The highest BCUT2D eigenvalue weighted by atomic mass is 16.6. The topological polar surface area (TPSA) is 144 Å². The Hall–Kier alpha value is -2.90. The van der Waals surface area contributed by atoms with Gasteiger partial charge in [0.05, 0.1) is 20.3 Å². The minimum Gasteiger partial charge on any atom is -0.632 e. The van der Waals surface area contributed by atoms with Crippen molar-refractivity contribution in [3.8, 4) is 0 Å². The van der Waals surface area contributed by atoms with Crippen molar-refractivity contribution in [3.05, 3.63) is 77.0 Å². The van der Waals surface area contributed by atoms with Crippen LogP contribution >= 0.6 is 0 Å². The zero-order valence-corrected chi connectivity index (χ0v) is 25.6. The Morgan fingerprint density at radius 1 is 0.778 bits per heavy atom. The van der Waals surface area contributed by atoms with Crippen LogP contribution in [0.3, 0.4) is 0 Å². The molecule has 2 N–H and O–H groups in total. The lowest BCUT2D eigenvalue weighted by atomic mass is 9.97. The quantitative estimate of drug-likeness (QED) is 0.194. The molecule has 6 fully saturated rings. The van der Waals surface area contributed by atoms with E-state index in [0.29, 0.717) is 37.1 Å². The van der Waals surface area contributed by atoms with Gasteiger partial charge in [-0.2, -0.15) is 0 Å². The highest BCUT2D eigenvalue weighted by molar-refractivity contribution is 5.79. The summed E-state index contributed by atoms with van der Waals surface area (Å²) in [5.74, 6) is -2.00. The van der Waals surface area contributed by atoms with Crippen LogP contribution in [0, 0.1) is 5.21 Å². The summed E-state index contributed by atoms with van der Waals surface area (Å²) in [6, 6.07) is 18.9. The zero-order chi connectivity index (χ0) is 31.5. The number of likely N-dealkylation sites (N-methyl/N-ethyl adjacent to an activating group) is 2. The maximum Gasteiger partial charge on any atom is 0.316 e. The van der Waals surface area contributed by atoms with Gasteiger partial charge in [0, 0.05) is 37.8 Å². The molecule has 45 heavy (non-hydrogen) atoms. The van der Waals surface area contributed by atoms with Gasteiger partial charge >= 0.3 is 11.9 Å². The van der Waals surface area contributed by atoms with Gasteiger partial charge in [-0.1, -0.05) is 60.7 Å². The van der Waals surface area contributed by atoms with Gasteiger partial charge < -0.3 is 39.0 Å². The van der Waals surface area contributed by atoms with E-state index in [2.05, 4.69) is 11.9 Å². The number of morpholine rings is 2. The predicted molar refractivity (Wildman–Crippen MR) is 161 cm³/mol. The first-order valence-electron chi connectivity index (χ1n) is 16.0. The van der Waals surface area contributed by atoms with Crippen molar-refractivity contribution in [2.75, 3.05) is 27.3 Å². The molecule has 0 radical (unpaired) electrons. The molecule has 242 valence electrons. The number of carbonyl (C=O) groups is 2. The molecule has 0 saturated carbocycles. The molecule has 2 aromatic carbocycles. The van der Waals surface area contributed by atoms with E-state index in [1.807, 2.05) is 48.5 Å². The van der Waals surface area contributed by atoms with Crippen LogP contribution in [0.5, 0.6) is 0 Å². The van der Waals surface area contributed by atoms with Crippen LogP contribution in [0.1, 0.15) is 48.6 Å². The van der Waals surface area contributed by atoms with Crippen LogP contribution in [0.25, 0.3) is 0 Å². The van der Waals surface area contributed by atoms with Crippen molar-refractivity contribution in [3.63, 3.8) is 0 Å². The van der Waals surface area contributed by atoms with E-state index >= 15 is 0 Å². The smallest absolute Gasteiger partial charge is 0.316 e. The van der Waals surface area contributed by atoms with Crippen molar-refractivity contribution in [2.45, 2.75) is 98.3 Å². The van der Waals surface area contributed by atoms with E-state index < -0.39 is 17.8 Å². The fraction of sp³-hybridized carbons (Fsp3) is 0.588. The molecular formula is C34H42N2O9. The van der Waals surface area contributed by atoms with Gasteiger partial charge in [-0.3, -0.25) is 14.5 Å². The molecule has 11 atom stereocenters. The normalized spacial score (nSPS) is 39.8. The molecule has 6 saturated heterocycles. The van der Waals surface area contributed by atoms with Crippen LogP contribution in [-0.2, 0) is 28.5 Å². The van der Waals surface area contributed by atoms with E-state index in [-0.39, 0.29) is 60.3 Å². The molecule has 6 aliphatic rings. The monoisotopic (exact) mass is 622 g/mol. The molecule has 11 nitrogen and oxygen atoms in total. The predicted octanol–water partition coefficient (Wildman–Crippen LogP) is 1.85. The van der Waals surface area contributed by atoms with Crippen LogP contribution in [-0.4, -0.2) is 120 Å². The van der Waals surface area contributed by atoms with E-state index in [0.717, 1.165) is 24.0 Å². The average molecular weight is 623 g/mol. The van der Waals surface area contributed by atoms with E-state index in [1.165, 1.54) is 0 Å². The van der Waals surface area contributed by atoms with Crippen LogP contribution < -0.4 is 0 Å². The van der Waals surface area contributed by atoms with Gasteiger partial charge in [-0.15, -0.1) is 0 Å². The molecule has 11 heteroatoms. The van der Waals surface area contributed by atoms with Crippen molar-refractivity contribution in [2.24, 2.45) is 0 Å². The maximum atomic E-state index is 12.6. The van der Waals surface area contributed by atoms with Gasteiger partial charge in [-0.25, -0.2) is 0 Å². The van der Waals surface area contributed by atoms with Crippen LogP contribution in [0.15, 0.2) is 60.7 Å². The number of rotatable bonds is 8. The number of esters is 2. The van der Waals surface area contributed by atoms with Crippen LogP contribution in [0.2, 0.25) is 0 Å². The molecule has 6 heterocycles. The van der Waals surface area contributed by atoms with Crippen molar-refractivity contribution < 1.29 is 43.4 Å². The third-order valence-electron chi connectivity index (χ3n) is 10.9. The highest BCUT2D eigenvalue weighted by Gasteiger charge is 2.69. The summed E-state index contributed by atoms with van der Waals surface area (Å²) >= 11 is 0. The summed E-state index contributed by atoms with van der Waals surface area (Å²) < 4.78 is 22.3. The standard InChI is InChI=1S/C17H21NO5.C17H21NO4/c1-18(21)13-7-11(8-14(18)16-15(13)23-16)22-17(20)12(9-19)10-5-3-2-4-6-10;1-18-13-7-11(8-14(18)16-15(13)22-16)21-17(20)12(9-19)10-5-3-2-4-6-10/h2-6,11-16,19H,7-9H2,1H3;2-6,11-16,19H,7-9H2,1H3/t11?,12-,13?,14?,15?,16?,18?;11?,12-,13-,14+,15-,16+/m11/s1. The Morgan fingerprint density at radius 2 is 1.18 bits per heavy atom. The van der Waals surface area contributed by atoms with Gasteiger partial charge in [0.2, 0.25) is 0 Å². The summed E-state index contributed by atoms with van der Waals surface area (Å²) in [6.45, 7) is -0.511. The number of benzene rings is 2. The Balaban J connectivity index is 0.000000145. The highest BCUT2D eigenvalue weighted by Crippen LogP contribution is 2.52. The first-order chi connectivity index (χ1) is 21.7. The molecule has 2 aromatic rings. The van der Waals surface area contributed by atoms with E-state index in [4.69, 9.17) is 18.9 Å². The molecule has 0 aliphatic carbocycles.